The van der Waals surface area contributed by atoms with Gasteiger partial charge < -0.3 is 9.88 Å². The lowest BCUT2D eigenvalue weighted by molar-refractivity contribution is -0.120. The van der Waals surface area contributed by atoms with Crippen molar-refractivity contribution in [2.75, 3.05) is 0 Å². The maximum Gasteiger partial charge on any atom is 0.233 e. The first-order valence-electron chi connectivity index (χ1n) is 9.64. The number of nitrogens with zero attached hydrogens (tertiary/aromatic N) is 3. The molecule has 0 aliphatic rings. The number of thioether (sulfide) groups is 1. The minimum Gasteiger partial charge on any atom is -0.353 e. The quantitative estimate of drug-likeness (QED) is 0.470. The van der Waals surface area contributed by atoms with Gasteiger partial charge in [-0.25, -0.2) is 0 Å². The van der Waals surface area contributed by atoms with Gasteiger partial charge in [0, 0.05) is 22.6 Å². The van der Waals surface area contributed by atoms with Crippen LogP contribution in [0.3, 0.4) is 0 Å². The van der Waals surface area contributed by atoms with Gasteiger partial charge in [-0.1, -0.05) is 70.2 Å². The van der Waals surface area contributed by atoms with E-state index in [0.29, 0.717) is 0 Å². The van der Waals surface area contributed by atoms with Crippen molar-refractivity contribution in [1.29, 1.82) is 0 Å². The van der Waals surface area contributed by atoms with Crippen LogP contribution in [0.2, 0.25) is 0 Å². The molecular formula is C22H25BrN4OS. The Labute approximate surface area is 184 Å². The second-order valence-corrected chi connectivity index (χ2v) is 9.35. The molecule has 29 heavy (non-hydrogen) atoms. The largest absolute Gasteiger partial charge is 0.353 e. The van der Waals surface area contributed by atoms with Gasteiger partial charge in [0.2, 0.25) is 5.91 Å². The zero-order chi connectivity index (χ0) is 20.8. The molecule has 1 heterocycles. The van der Waals surface area contributed by atoms with Gasteiger partial charge in [0.1, 0.15) is 0 Å². The molecule has 5 nitrogen and oxygen atoms in total. The van der Waals surface area contributed by atoms with Crippen LogP contribution in [-0.2, 0) is 17.8 Å². The average Bonchev–Trinajstić information content (AvgIpc) is 3.09. The lowest BCUT2D eigenvalue weighted by atomic mass is 10.1. The number of aryl methyl sites for hydroxylation is 1. The van der Waals surface area contributed by atoms with Gasteiger partial charge in [0.05, 0.1) is 5.25 Å². The molecule has 0 aliphatic carbocycles. The van der Waals surface area contributed by atoms with E-state index in [1.54, 1.807) is 0 Å². The fraction of sp³-hybridized carbons (Fsp3) is 0.318. The third-order valence-corrected chi connectivity index (χ3v) is 5.98. The van der Waals surface area contributed by atoms with Gasteiger partial charge >= 0.3 is 0 Å². The molecule has 0 saturated carbocycles. The zero-order valence-corrected chi connectivity index (χ0v) is 19.2. The number of amides is 1. The standard InChI is InChI=1S/C22H25BrN4OS/c1-15(2)24-21(28)16(3)29-22-26-25-20(18-9-11-19(23)12-10-18)27(22)14-13-17-7-5-4-6-8-17/h4-12,15-16H,13-14H2,1-3H3,(H,24,28). The number of halogens is 1. The first-order chi connectivity index (χ1) is 13.9. The third kappa shape index (κ3) is 5.93. The van der Waals surface area contributed by atoms with E-state index in [2.05, 4.69) is 48.1 Å². The Hall–Kier alpha value is -2.12. The fourth-order valence-corrected chi connectivity index (χ4v) is 4.04. The van der Waals surface area contributed by atoms with E-state index in [-0.39, 0.29) is 17.2 Å². The molecule has 0 bridgehead atoms. The molecular weight excluding hydrogens is 448 g/mol. The minimum absolute atomic E-state index is 0.00722. The van der Waals surface area contributed by atoms with Gasteiger partial charge in [-0.15, -0.1) is 10.2 Å². The number of carbonyl (C=O) groups excluding carboxylic acids is 1. The van der Waals surface area contributed by atoms with Crippen molar-refractivity contribution >= 4 is 33.6 Å². The molecule has 2 aromatic carbocycles. The molecule has 1 N–H and O–H groups in total. The average molecular weight is 473 g/mol. The molecule has 0 spiro atoms. The van der Waals surface area contributed by atoms with Crippen molar-refractivity contribution < 1.29 is 4.79 Å². The summed E-state index contributed by atoms with van der Waals surface area (Å²) in [5, 5.41) is 12.3. The maximum atomic E-state index is 12.4. The normalized spacial score (nSPS) is 12.2. The number of carbonyl (C=O) groups is 1. The monoisotopic (exact) mass is 472 g/mol. The van der Waals surface area contributed by atoms with Crippen molar-refractivity contribution in [3.8, 4) is 11.4 Å². The summed E-state index contributed by atoms with van der Waals surface area (Å²) in [6, 6.07) is 18.5. The first kappa shape index (κ1) is 21.6. The number of nitrogens with one attached hydrogen (secondary N) is 1. The van der Waals surface area contributed by atoms with Crippen molar-refractivity contribution in [1.82, 2.24) is 20.1 Å². The highest BCUT2D eigenvalue weighted by Gasteiger charge is 2.21. The summed E-state index contributed by atoms with van der Waals surface area (Å²) in [5.74, 6) is 0.820. The predicted octanol–water partition coefficient (Wildman–Crippen LogP) is 4.96. The minimum atomic E-state index is -0.255. The van der Waals surface area contributed by atoms with Gasteiger partial charge in [-0.2, -0.15) is 0 Å². The highest BCUT2D eigenvalue weighted by Crippen LogP contribution is 2.28. The smallest absolute Gasteiger partial charge is 0.233 e. The fourth-order valence-electron chi connectivity index (χ4n) is 2.89. The summed E-state index contributed by atoms with van der Waals surface area (Å²) in [4.78, 5) is 12.4. The number of rotatable bonds is 8. The molecule has 152 valence electrons. The molecule has 7 heteroatoms. The summed E-state index contributed by atoms with van der Waals surface area (Å²) < 4.78 is 3.13. The van der Waals surface area contributed by atoms with Crippen LogP contribution in [0.5, 0.6) is 0 Å². The predicted molar refractivity (Wildman–Crippen MR) is 122 cm³/mol. The Morgan fingerprint density at radius 2 is 1.76 bits per heavy atom. The van der Waals surface area contributed by atoms with Crippen molar-refractivity contribution in [2.45, 2.75) is 50.2 Å². The van der Waals surface area contributed by atoms with E-state index in [9.17, 15) is 4.79 Å². The number of benzene rings is 2. The SMILES string of the molecule is CC(C)NC(=O)C(C)Sc1nnc(-c2ccc(Br)cc2)n1CCc1ccccc1. The van der Waals surface area contributed by atoms with Crippen LogP contribution in [0.25, 0.3) is 11.4 Å². The van der Waals surface area contributed by atoms with Crippen molar-refractivity contribution in [3.63, 3.8) is 0 Å². The molecule has 0 radical (unpaired) electrons. The molecule has 0 fully saturated rings. The number of hydrogen-bond acceptors (Lipinski definition) is 4. The van der Waals surface area contributed by atoms with Crippen LogP contribution < -0.4 is 5.32 Å². The van der Waals surface area contributed by atoms with Crippen LogP contribution in [-0.4, -0.2) is 32.0 Å². The molecule has 3 aromatic rings. The van der Waals surface area contributed by atoms with Crippen LogP contribution >= 0.6 is 27.7 Å². The molecule has 1 atom stereocenters. The Balaban J connectivity index is 1.86. The van der Waals surface area contributed by atoms with Gasteiger partial charge in [-0.3, -0.25) is 4.79 Å². The lowest BCUT2D eigenvalue weighted by Gasteiger charge is -2.15. The Kier molecular flexibility index (Phi) is 7.50. The first-order valence-corrected chi connectivity index (χ1v) is 11.3. The van der Waals surface area contributed by atoms with Crippen LogP contribution in [0.15, 0.2) is 64.2 Å². The number of aromatic nitrogens is 3. The highest BCUT2D eigenvalue weighted by atomic mass is 79.9. The van der Waals surface area contributed by atoms with E-state index >= 15 is 0 Å². The summed E-state index contributed by atoms with van der Waals surface area (Å²) in [7, 11) is 0. The maximum absolute atomic E-state index is 12.4. The van der Waals surface area contributed by atoms with E-state index in [4.69, 9.17) is 0 Å². The Morgan fingerprint density at radius 1 is 1.07 bits per heavy atom. The van der Waals surface area contributed by atoms with E-state index in [1.165, 1.54) is 17.3 Å². The lowest BCUT2D eigenvalue weighted by Crippen LogP contribution is -2.36. The molecule has 0 aliphatic heterocycles. The van der Waals surface area contributed by atoms with Crippen molar-refractivity contribution in [2.24, 2.45) is 0 Å². The summed E-state index contributed by atoms with van der Waals surface area (Å²) in [6.45, 7) is 6.56. The van der Waals surface area contributed by atoms with Crippen LogP contribution in [0, 0.1) is 0 Å². The van der Waals surface area contributed by atoms with E-state index < -0.39 is 0 Å². The van der Waals surface area contributed by atoms with Gasteiger partial charge in [0.15, 0.2) is 11.0 Å². The van der Waals surface area contributed by atoms with Gasteiger partial charge in [0.25, 0.3) is 0 Å². The molecule has 1 amide bonds. The zero-order valence-electron chi connectivity index (χ0n) is 16.8. The van der Waals surface area contributed by atoms with E-state index in [1.807, 2.05) is 63.2 Å². The molecule has 1 unspecified atom stereocenters. The molecule has 3 rings (SSSR count). The summed E-state index contributed by atoms with van der Waals surface area (Å²) >= 11 is 4.92. The second-order valence-electron chi connectivity index (χ2n) is 7.12. The number of hydrogen-bond donors (Lipinski definition) is 1. The molecule has 0 saturated heterocycles. The topological polar surface area (TPSA) is 59.8 Å². The summed E-state index contributed by atoms with van der Waals surface area (Å²) in [6.07, 6.45) is 0.864. The van der Waals surface area contributed by atoms with Crippen LogP contribution in [0.4, 0.5) is 0 Å². The van der Waals surface area contributed by atoms with Crippen LogP contribution in [0.1, 0.15) is 26.3 Å². The van der Waals surface area contributed by atoms with Gasteiger partial charge in [-0.05, 0) is 44.9 Å². The molecule has 1 aromatic heterocycles. The highest BCUT2D eigenvalue weighted by molar-refractivity contribution is 9.10. The Bertz CT molecular complexity index is 941. The second kappa shape index (κ2) is 10.1. The Morgan fingerprint density at radius 3 is 2.41 bits per heavy atom. The van der Waals surface area contributed by atoms with E-state index in [0.717, 1.165) is 34.0 Å². The third-order valence-electron chi connectivity index (χ3n) is 4.37. The van der Waals surface area contributed by atoms with Crippen molar-refractivity contribution in [3.05, 3.63) is 64.6 Å². The summed E-state index contributed by atoms with van der Waals surface area (Å²) in [5.41, 5.74) is 2.25.